The average Bonchev–Trinajstić information content (AvgIpc) is 2.54. The summed E-state index contributed by atoms with van der Waals surface area (Å²) in [5.41, 5.74) is 0.417. The second kappa shape index (κ2) is 7.49. The molecule has 23 heavy (non-hydrogen) atoms. The molecule has 0 aromatic heterocycles. The topological polar surface area (TPSA) is 63.5 Å². The molecule has 0 bridgehead atoms. The van der Waals surface area contributed by atoms with E-state index in [0.29, 0.717) is 13.1 Å². The molecule has 0 unspecified atom stereocenters. The Labute approximate surface area is 133 Å². The quantitative estimate of drug-likeness (QED) is 0.601. The van der Waals surface area contributed by atoms with E-state index in [4.69, 9.17) is 0 Å². The standard InChI is InChI=1S/C17H17FN2O3/c1-2-10-19(12-13-6-4-3-5-7-13)17(21)15-9-8-14(20(22)23)11-16(15)18/h3-9,11H,2,10,12H2,1H3. The molecule has 2 aromatic rings. The van der Waals surface area contributed by atoms with Crippen molar-refractivity contribution in [3.8, 4) is 0 Å². The van der Waals surface area contributed by atoms with E-state index in [0.717, 1.165) is 24.1 Å². The summed E-state index contributed by atoms with van der Waals surface area (Å²) in [6.07, 6.45) is 0.729. The zero-order valence-corrected chi connectivity index (χ0v) is 12.7. The zero-order chi connectivity index (χ0) is 16.8. The maximum absolute atomic E-state index is 14.0. The summed E-state index contributed by atoms with van der Waals surface area (Å²) in [5, 5.41) is 10.7. The lowest BCUT2D eigenvalue weighted by Gasteiger charge is -2.22. The highest BCUT2D eigenvalue weighted by molar-refractivity contribution is 5.94. The van der Waals surface area contributed by atoms with Gasteiger partial charge in [-0.15, -0.1) is 0 Å². The van der Waals surface area contributed by atoms with E-state index in [1.807, 2.05) is 37.3 Å². The Bertz CT molecular complexity index is 704. The molecule has 6 heteroatoms. The molecule has 120 valence electrons. The first-order chi connectivity index (χ1) is 11.0. The van der Waals surface area contributed by atoms with E-state index >= 15 is 0 Å². The van der Waals surface area contributed by atoms with E-state index in [1.54, 1.807) is 4.90 Å². The summed E-state index contributed by atoms with van der Waals surface area (Å²) in [6, 6.07) is 12.5. The van der Waals surface area contributed by atoms with Gasteiger partial charge in [0.2, 0.25) is 0 Å². The van der Waals surface area contributed by atoms with Crippen LogP contribution in [0.25, 0.3) is 0 Å². The normalized spacial score (nSPS) is 10.3. The molecule has 2 rings (SSSR count). The molecule has 0 N–H and O–H groups in total. The first kappa shape index (κ1) is 16.6. The number of non-ortho nitro benzene ring substituents is 1. The van der Waals surface area contributed by atoms with Gasteiger partial charge in [-0.05, 0) is 18.1 Å². The number of carbonyl (C=O) groups is 1. The Kier molecular flexibility index (Phi) is 5.41. The highest BCUT2D eigenvalue weighted by Crippen LogP contribution is 2.19. The second-order valence-electron chi connectivity index (χ2n) is 5.13. The molecule has 0 saturated heterocycles. The summed E-state index contributed by atoms with van der Waals surface area (Å²) in [7, 11) is 0. The van der Waals surface area contributed by atoms with Crippen molar-refractivity contribution < 1.29 is 14.1 Å². The third-order valence-corrected chi connectivity index (χ3v) is 3.39. The molecular weight excluding hydrogens is 299 g/mol. The van der Waals surface area contributed by atoms with Gasteiger partial charge >= 0.3 is 0 Å². The molecule has 0 aliphatic heterocycles. The molecule has 2 aromatic carbocycles. The monoisotopic (exact) mass is 316 g/mol. The van der Waals surface area contributed by atoms with Crippen LogP contribution in [0.5, 0.6) is 0 Å². The van der Waals surface area contributed by atoms with Crippen LogP contribution >= 0.6 is 0 Å². The number of benzene rings is 2. The Hall–Kier alpha value is -2.76. The number of amides is 1. The smallest absolute Gasteiger partial charge is 0.272 e. The van der Waals surface area contributed by atoms with Crippen LogP contribution in [-0.4, -0.2) is 22.3 Å². The third kappa shape index (κ3) is 4.12. The van der Waals surface area contributed by atoms with Gasteiger partial charge in [0.25, 0.3) is 11.6 Å². The average molecular weight is 316 g/mol. The summed E-state index contributed by atoms with van der Waals surface area (Å²) in [4.78, 5) is 24.1. The fraction of sp³-hybridized carbons (Fsp3) is 0.235. The Morgan fingerprint density at radius 2 is 1.91 bits per heavy atom. The lowest BCUT2D eigenvalue weighted by Crippen LogP contribution is -2.32. The minimum absolute atomic E-state index is 0.153. The number of hydrogen-bond acceptors (Lipinski definition) is 3. The van der Waals surface area contributed by atoms with Crippen molar-refractivity contribution in [2.45, 2.75) is 19.9 Å². The molecule has 5 nitrogen and oxygen atoms in total. The van der Waals surface area contributed by atoms with Crippen LogP contribution in [0.1, 0.15) is 29.3 Å². The third-order valence-electron chi connectivity index (χ3n) is 3.39. The van der Waals surface area contributed by atoms with Gasteiger partial charge in [0.1, 0.15) is 5.82 Å². The van der Waals surface area contributed by atoms with Crippen LogP contribution in [-0.2, 0) is 6.54 Å². The molecule has 0 saturated carbocycles. The van der Waals surface area contributed by atoms with Gasteiger partial charge in [0, 0.05) is 19.2 Å². The van der Waals surface area contributed by atoms with Gasteiger partial charge in [-0.25, -0.2) is 4.39 Å². The van der Waals surface area contributed by atoms with E-state index in [9.17, 15) is 19.3 Å². The minimum Gasteiger partial charge on any atom is -0.334 e. The van der Waals surface area contributed by atoms with Crippen LogP contribution < -0.4 is 0 Å². The molecule has 0 fully saturated rings. The number of halogens is 1. The summed E-state index contributed by atoms with van der Waals surface area (Å²) < 4.78 is 14.0. The maximum atomic E-state index is 14.0. The van der Waals surface area contributed by atoms with Gasteiger partial charge in [0.05, 0.1) is 16.6 Å². The molecule has 1 amide bonds. The number of nitro benzene ring substituents is 1. The van der Waals surface area contributed by atoms with Gasteiger partial charge in [0.15, 0.2) is 0 Å². The SMILES string of the molecule is CCCN(Cc1ccccc1)C(=O)c1ccc([N+](=O)[O-])cc1F. The lowest BCUT2D eigenvalue weighted by atomic mass is 10.1. The Morgan fingerprint density at radius 1 is 1.22 bits per heavy atom. The van der Waals surface area contributed by atoms with E-state index in [-0.39, 0.29) is 11.3 Å². The summed E-state index contributed by atoms with van der Waals surface area (Å²) in [5.74, 6) is -1.35. The first-order valence-electron chi connectivity index (χ1n) is 7.30. The molecule has 0 atom stereocenters. The van der Waals surface area contributed by atoms with Crippen molar-refractivity contribution in [2.75, 3.05) is 6.54 Å². The lowest BCUT2D eigenvalue weighted by molar-refractivity contribution is -0.385. The van der Waals surface area contributed by atoms with Crippen molar-refractivity contribution in [2.24, 2.45) is 0 Å². The fourth-order valence-electron chi connectivity index (χ4n) is 2.29. The fourth-order valence-corrected chi connectivity index (χ4v) is 2.29. The predicted octanol–water partition coefficient (Wildman–Crippen LogP) is 3.79. The van der Waals surface area contributed by atoms with Gasteiger partial charge in [-0.2, -0.15) is 0 Å². The highest BCUT2D eigenvalue weighted by Gasteiger charge is 2.21. The van der Waals surface area contributed by atoms with Crippen LogP contribution in [0.4, 0.5) is 10.1 Å². The van der Waals surface area contributed by atoms with E-state index < -0.39 is 16.6 Å². The van der Waals surface area contributed by atoms with Crippen LogP contribution in [0.3, 0.4) is 0 Å². The second-order valence-corrected chi connectivity index (χ2v) is 5.13. The van der Waals surface area contributed by atoms with Crippen molar-refractivity contribution in [1.82, 2.24) is 4.90 Å². The number of nitro groups is 1. The minimum atomic E-state index is -0.877. The van der Waals surface area contributed by atoms with Crippen LogP contribution in [0.2, 0.25) is 0 Å². The zero-order valence-electron chi connectivity index (χ0n) is 12.7. The first-order valence-corrected chi connectivity index (χ1v) is 7.30. The van der Waals surface area contributed by atoms with E-state index in [2.05, 4.69) is 0 Å². The summed E-state index contributed by atoms with van der Waals surface area (Å²) in [6.45, 7) is 2.77. The number of nitrogens with zero attached hydrogens (tertiary/aromatic N) is 2. The Morgan fingerprint density at radius 3 is 2.48 bits per heavy atom. The Balaban J connectivity index is 2.25. The highest BCUT2D eigenvalue weighted by atomic mass is 19.1. The van der Waals surface area contributed by atoms with Crippen molar-refractivity contribution in [3.63, 3.8) is 0 Å². The van der Waals surface area contributed by atoms with Crippen molar-refractivity contribution in [1.29, 1.82) is 0 Å². The molecule has 0 spiro atoms. The van der Waals surface area contributed by atoms with Crippen LogP contribution in [0, 0.1) is 15.9 Å². The molecule has 0 aliphatic carbocycles. The number of carbonyl (C=O) groups excluding carboxylic acids is 1. The van der Waals surface area contributed by atoms with Crippen molar-refractivity contribution >= 4 is 11.6 Å². The maximum Gasteiger partial charge on any atom is 0.272 e. The summed E-state index contributed by atoms with van der Waals surface area (Å²) >= 11 is 0. The van der Waals surface area contributed by atoms with Gasteiger partial charge < -0.3 is 4.90 Å². The van der Waals surface area contributed by atoms with Crippen LogP contribution in [0.15, 0.2) is 48.5 Å². The van der Waals surface area contributed by atoms with Gasteiger partial charge in [-0.1, -0.05) is 37.3 Å². The number of rotatable bonds is 6. The van der Waals surface area contributed by atoms with Crippen molar-refractivity contribution in [3.05, 3.63) is 75.6 Å². The van der Waals surface area contributed by atoms with E-state index in [1.165, 1.54) is 6.07 Å². The molecular formula is C17H17FN2O3. The molecule has 0 radical (unpaired) electrons. The largest absolute Gasteiger partial charge is 0.334 e. The van der Waals surface area contributed by atoms with Gasteiger partial charge in [-0.3, -0.25) is 14.9 Å². The molecule has 0 aliphatic rings. The number of hydrogen-bond donors (Lipinski definition) is 0. The molecule has 0 heterocycles. The predicted molar refractivity (Wildman–Crippen MR) is 84.5 cm³/mol.